The predicted molar refractivity (Wildman–Crippen MR) is 48.9 cm³/mol. The molecule has 0 aromatic rings. The molecule has 70 valence electrons. The van der Waals surface area contributed by atoms with Gasteiger partial charge in [-0.2, -0.15) is 0 Å². The molecule has 1 aliphatic heterocycles. The van der Waals surface area contributed by atoms with Gasteiger partial charge in [-0.25, -0.2) is 0 Å². The lowest BCUT2D eigenvalue weighted by atomic mass is 9.96. The van der Waals surface area contributed by atoms with Crippen molar-refractivity contribution in [3.8, 4) is 0 Å². The minimum Gasteiger partial charge on any atom is -0.348 e. The molecule has 0 bridgehead atoms. The highest BCUT2D eigenvalue weighted by molar-refractivity contribution is 4.86. The normalized spacial score (nSPS) is 24.9. The smallest absolute Gasteiger partial charge is 0.176 e. The van der Waals surface area contributed by atoms with E-state index < -0.39 is 0 Å². The van der Waals surface area contributed by atoms with Gasteiger partial charge in [-0.05, 0) is 12.5 Å². The van der Waals surface area contributed by atoms with Crippen LogP contribution in [-0.2, 0) is 9.47 Å². The van der Waals surface area contributed by atoms with Gasteiger partial charge < -0.3 is 9.47 Å². The maximum Gasteiger partial charge on any atom is 0.176 e. The van der Waals surface area contributed by atoms with E-state index in [1.807, 2.05) is 6.08 Å². The first kappa shape index (κ1) is 9.75. The Morgan fingerprint density at radius 2 is 1.92 bits per heavy atom. The highest BCUT2D eigenvalue weighted by atomic mass is 16.7. The van der Waals surface area contributed by atoms with Crippen molar-refractivity contribution >= 4 is 0 Å². The molecule has 1 saturated heterocycles. The molecule has 2 nitrogen and oxygen atoms in total. The van der Waals surface area contributed by atoms with Crippen LogP contribution in [0.1, 0.15) is 27.2 Å². The molecule has 2 heteroatoms. The van der Waals surface area contributed by atoms with E-state index in [1.165, 1.54) is 0 Å². The van der Waals surface area contributed by atoms with E-state index in [2.05, 4.69) is 26.8 Å². The Balaban J connectivity index is 2.31. The van der Waals surface area contributed by atoms with Crippen molar-refractivity contribution in [2.75, 3.05) is 13.2 Å². The van der Waals surface area contributed by atoms with Crippen LogP contribution >= 0.6 is 0 Å². The molecule has 0 N–H and O–H groups in total. The first-order chi connectivity index (χ1) is 5.64. The molecule has 12 heavy (non-hydrogen) atoms. The number of ether oxygens (including phenoxy) is 2. The van der Waals surface area contributed by atoms with Crippen molar-refractivity contribution in [3.63, 3.8) is 0 Å². The summed E-state index contributed by atoms with van der Waals surface area (Å²) in [5.41, 5.74) is 0.177. The second-order valence-corrected chi connectivity index (χ2v) is 3.99. The fourth-order valence-corrected chi connectivity index (χ4v) is 1.06. The van der Waals surface area contributed by atoms with E-state index in [9.17, 15) is 0 Å². The van der Waals surface area contributed by atoms with Crippen LogP contribution in [0.5, 0.6) is 0 Å². The number of hydrogen-bond donors (Lipinski definition) is 0. The molecule has 0 aromatic heterocycles. The van der Waals surface area contributed by atoms with Crippen molar-refractivity contribution in [1.82, 2.24) is 0 Å². The van der Waals surface area contributed by atoms with Crippen molar-refractivity contribution in [2.24, 2.45) is 5.41 Å². The minimum absolute atomic E-state index is 0.113. The molecule has 0 aliphatic carbocycles. The van der Waals surface area contributed by atoms with Crippen LogP contribution < -0.4 is 0 Å². The van der Waals surface area contributed by atoms with E-state index in [0.717, 1.165) is 19.6 Å². The third kappa shape index (κ3) is 2.95. The second-order valence-electron chi connectivity index (χ2n) is 3.99. The molecule has 0 aromatic carbocycles. The predicted octanol–water partition coefficient (Wildman–Crippen LogP) is 2.35. The van der Waals surface area contributed by atoms with Crippen molar-refractivity contribution in [3.05, 3.63) is 12.2 Å². The summed E-state index contributed by atoms with van der Waals surface area (Å²) in [6.07, 6.45) is 4.98. The van der Waals surface area contributed by atoms with Gasteiger partial charge in [0.15, 0.2) is 6.29 Å². The molecule has 1 fully saturated rings. The van der Waals surface area contributed by atoms with Gasteiger partial charge in [0.25, 0.3) is 0 Å². The van der Waals surface area contributed by atoms with Gasteiger partial charge in [0.1, 0.15) is 0 Å². The van der Waals surface area contributed by atoms with Gasteiger partial charge in [0.2, 0.25) is 0 Å². The molecule has 0 unspecified atom stereocenters. The Morgan fingerprint density at radius 3 is 2.42 bits per heavy atom. The van der Waals surface area contributed by atoms with Gasteiger partial charge in [0, 0.05) is 5.41 Å². The lowest BCUT2D eigenvalue weighted by molar-refractivity contribution is -0.197. The first-order valence-electron chi connectivity index (χ1n) is 4.54. The lowest BCUT2D eigenvalue weighted by Crippen LogP contribution is -2.36. The molecule has 0 saturated carbocycles. The summed E-state index contributed by atoms with van der Waals surface area (Å²) < 4.78 is 11.0. The molecule has 0 atom stereocenters. The Kier molecular flexibility index (Phi) is 3.29. The van der Waals surface area contributed by atoms with Gasteiger partial charge in [0.05, 0.1) is 13.2 Å². The van der Waals surface area contributed by atoms with E-state index in [4.69, 9.17) is 9.47 Å². The highest BCUT2D eigenvalue weighted by Gasteiger charge is 2.26. The van der Waals surface area contributed by atoms with Crippen molar-refractivity contribution in [2.45, 2.75) is 33.5 Å². The van der Waals surface area contributed by atoms with Gasteiger partial charge in [-0.15, -0.1) is 0 Å². The standard InChI is InChI=1S/C10H18O2/c1-4-5-6-9-11-7-10(2,3)8-12-9/h5-6,9H,4,7-8H2,1-3H3/b6-5+. The average molecular weight is 170 g/mol. The zero-order valence-electron chi connectivity index (χ0n) is 8.17. The fraction of sp³-hybridized carbons (Fsp3) is 0.800. The summed E-state index contributed by atoms with van der Waals surface area (Å²) >= 11 is 0. The monoisotopic (exact) mass is 170 g/mol. The third-order valence-corrected chi connectivity index (χ3v) is 1.81. The van der Waals surface area contributed by atoms with Gasteiger partial charge in [-0.1, -0.05) is 26.8 Å². The van der Waals surface area contributed by atoms with Crippen LogP contribution in [0.2, 0.25) is 0 Å². The topological polar surface area (TPSA) is 18.5 Å². The van der Waals surface area contributed by atoms with E-state index >= 15 is 0 Å². The van der Waals surface area contributed by atoms with Gasteiger partial charge in [-0.3, -0.25) is 0 Å². The molecule has 0 radical (unpaired) electrons. The molecule has 0 amide bonds. The van der Waals surface area contributed by atoms with Crippen LogP contribution in [0, 0.1) is 5.41 Å². The average Bonchev–Trinajstić information content (AvgIpc) is 2.03. The van der Waals surface area contributed by atoms with Crippen LogP contribution in [0.15, 0.2) is 12.2 Å². The lowest BCUT2D eigenvalue weighted by Gasteiger charge is -2.33. The molecule has 0 spiro atoms. The number of allylic oxidation sites excluding steroid dienone is 1. The molecule has 1 aliphatic rings. The maximum absolute atomic E-state index is 5.49. The van der Waals surface area contributed by atoms with Gasteiger partial charge >= 0.3 is 0 Å². The highest BCUT2D eigenvalue weighted by Crippen LogP contribution is 2.23. The third-order valence-electron chi connectivity index (χ3n) is 1.81. The zero-order chi connectivity index (χ0) is 9.03. The quantitative estimate of drug-likeness (QED) is 0.592. The summed E-state index contributed by atoms with van der Waals surface area (Å²) in [5, 5.41) is 0. The maximum atomic E-state index is 5.49. The van der Waals surface area contributed by atoms with E-state index in [0.29, 0.717) is 0 Å². The van der Waals surface area contributed by atoms with Crippen LogP contribution in [0.25, 0.3) is 0 Å². The Morgan fingerprint density at radius 1 is 1.33 bits per heavy atom. The van der Waals surface area contributed by atoms with Crippen LogP contribution in [0.4, 0.5) is 0 Å². The van der Waals surface area contributed by atoms with Crippen LogP contribution in [-0.4, -0.2) is 19.5 Å². The van der Waals surface area contributed by atoms with Crippen molar-refractivity contribution in [1.29, 1.82) is 0 Å². The summed E-state index contributed by atoms with van der Waals surface area (Å²) in [6.45, 7) is 7.96. The zero-order valence-corrected chi connectivity index (χ0v) is 8.17. The minimum atomic E-state index is -0.113. The van der Waals surface area contributed by atoms with Crippen LogP contribution in [0.3, 0.4) is 0 Å². The molecular formula is C10H18O2. The fourth-order valence-electron chi connectivity index (χ4n) is 1.06. The summed E-state index contributed by atoms with van der Waals surface area (Å²) in [6, 6.07) is 0. The summed E-state index contributed by atoms with van der Waals surface area (Å²) in [7, 11) is 0. The Bertz CT molecular complexity index is 151. The molecule has 1 rings (SSSR count). The molecule has 1 heterocycles. The van der Waals surface area contributed by atoms with E-state index in [-0.39, 0.29) is 11.7 Å². The second kappa shape index (κ2) is 4.06. The molecular weight excluding hydrogens is 152 g/mol. The SMILES string of the molecule is CC/C=C/C1OCC(C)(C)CO1. The largest absolute Gasteiger partial charge is 0.348 e. The van der Waals surface area contributed by atoms with Crippen molar-refractivity contribution < 1.29 is 9.47 Å². The Hall–Kier alpha value is -0.340. The first-order valence-corrected chi connectivity index (χ1v) is 4.54. The summed E-state index contributed by atoms with van der Waals surface area (Å²) in [4.78, 5) is 0. The number of rotatable bonds is 2. The summed E-state index contributed by atoms with van der Waals surface area (Å²) in [5.74, 6) is 0. The van der Waals surface area contributed by atoms with E-state index in [1.54, 1.807) is 0 Å². The Labute approximate surface area is 74.6 Å². The number of hydrogen-bond acceptors (Lipinski definition) is 2.